The van der Waals surface area contributed by atoms with Crippen LogP contribution in [0.25, 0.3) is 0 Å². The molecular weight excluding hydrogens is 324 g/mol. The van der Waals surface area contributed by atoms with E-state index in [9.17, 15) is 13.2 Å². The molecule has 3 aliphatic rings. The van der Waals surface area contributed by atoms with Crippen molar-refractivity contribution in [3.63, 3.8) is 0 Å². The Morgan fingerprint density at radius 2 is 1.75 bits per heavy atom. The molecule has 0 bridgehead atoms. The summed E-state index contributed by atoms with van der Waals surface area (Å²) in [5.41, 5.74) is 2.45. The number of aryl methyl sites for hydroxylation is 2. The van der Waals surface area contributed by atoms with Gasteiger partial charge in [0.05, 0.1) is 4.90 Å². The molecule has 1 amide bonds. The van der Waals surface area contributed by atoms with Crippen molar-refractivity contribution in [2.24, 2.45) is 5.92 Å². The number of likely N-dealkylation sites (tertiary alicyclic amines) is 1. The minimum Gasteiger partial charge on any atom is -0.342 e. The number of carbonyl (C=O) groups is 1. The van der Waals surface area contributed by atoms with Crippen molar-refractivity contribution in [1.29, 1.82) is 0 Å². The van der Waals surface area contributed by atoms with Crippen molar-refractivity contribution in [1.82, 2.24) is 9.62 Å². The molecule has 0 radical (unpaired) electrons. The van der Waals surface area contributed by atoms with Crippen molar-refractivity contribution in [2.75, 3.05) is 13.1 Å². The fourth-order valence-electron chi connectivity index (χ4n) is 3.81. The standard InChI is InChI=1S/C18H24N2O3S/c21-18(14-4-5-14)20-10-8-16(9-11-20)19-24(22,23)17-7-6-13-2-1-3-15(13)12-17/h6-7,12,14,16,19H,1-5,8-11H2. The molecule has 130 valence electrons. The SMILES string of the molecule is O=C(C1CC1)N1CCC(NS(=O)(=O)c2ccc3c(c2)CCC3)CC1. The van der Waals surface area contributed by atoms with Crippen LogP contribution in [0.1, 0.15) is 43.2 Å². The molecule has 5 nitrogen and oxygen atoms in total. The number of benzene rings is 1. The minimum absolute atomic E-state index is 0.0773. The monoisotopic (exact) mass is 348 g/mol. The molecule has 0 spiro atoms. The number of rotatable bonds is 4. The molecule has 0 atom stereocenters. The van der Waals surface area contributed by atoms with Gasteiger partial charge in [-0.1, -0.05) is 6.07 Å². The zero-order chi connectivity index (χ0) is 16.7. The van der Waals surface area contributed by atoms with E-state index in [-0.39, 0.29) is 17.9 Å². The third-order valence-corrected chi connectivity index (χ3v) is 6.95. The van der Waals surface area contributed by atoms with Gasteiger partial charge in [-0.05, 0) is 68.2 Å². The van der Waals surface area contributed by atoms with Crippen LogP contribution < -0.4 is 4.72 Å². The molecule has 0 aromatic heterocycles. The van der Waals surface area contributed by atoms with E-state index in [1.165, 1.54) is 11.1 Å². The lowest BCUT2D eigenvalue weighted by Crippen LogP contribution is -2.46. The Labute approximate surface area is 143 Å². The van der Waals surface area contributed by atoms with Gasteiger partial charge in [0.15, 0.2) is 0 Å². The van der Waals surface area contributed by atoms with Crippen molar-refractivity contribution in [2.45, 2.75) is 55.9 Å². The number of sulfonamides is 1. The van der Waals surface area contributed by atoms with E-state index in [2.05, 4.69) is 4.72 Å². The smallest absolute Gasteiger partial charge is 0.240 e. The number of nitrogens with zero attached hydrogens (tertiary/aromatic N) is 1. The molecule has 1 aromatic carbocycles. The topological polar surface area (TPSA) is 66.5 Å². The number of nitrogens with one attached hydrogen (secondary N) is 1. The Hall–Kier alpha value is -1.40. The number of piperidine rings is 1. The second-order valence-corrected chi connectivity index (χ2v) is 8.99. The number of hydrogen-bond acceptors (Lipinski definition) is 3. The highest BCUT2D eigenvalue weighted by Gasteiger charge is 2.35. The molecule has 2 fully saturated rings. The zero-order valence-corrected chi connectivity index (χ0v) is 14.6. The molecule has 6 heteroatoms. The summed E-state index contributed by atoms with van der Waals surface area (Å²) in [5.74, 6) is 0.500. The summed E-state index contributed by atoms with van der Waals surface area (Å²) in [6, 6.07) is 5.43. The first-order chi connectivity index (χ1) is 11.5. The maximum atomic E-state index is 12.6. The predicted octanol–water partition coefficient (Wildman–Crippen LogP) is 1.85. The highest BCUT2D eigenvalue weighted by molar-refractivity contribution is 7.89. The maximum absolute atomic E-state index is 12.6. The molecule has 4 rings (SSSR count). The van der Waals surface area contributed by atoms with Crippen molar-refractivity contribution in [3.8, 4) is 0 Å². The van der Waals surface area contributed by atoms with Crippen LogP contribution in [-0.2, 0) is 27.7 Å². The van der Waals surface area contributed by atoms with Crippen molar-refractivity contribution in [3.05, 3.63) is 29.3 Å². The van der Waals surface area contributed by atoms with Gasteiger partial charge in [0.25, 0.3) is 0 Å². The Balaban J connectivity index is 1.39. The van der Waals surface area contributed by atoms with Gasteiger partial charge in [0, 0.05) is 25.0 Å². The summed E-state index contributed by atoms with van der Waals surface area (Å²) in [6.45, 7) is 1.32. The molecule has 1 aliphatic heterocycles. The van der Waals surface area contributed by atoms with Gasteiger partial charge < -0.3 is 4.90 Å². The van der Waals surface area contributed by atoms with E-state index < -0.39 is 10.0 Å². The van der Waals surface area contributed by atoms with E-state index in [1.807, 2.05) is 17.0 Å². The lowest BCUT2D eigenvalue weighted by molar-refractivity contribution is -0.133. The first kappa shape index (κ1) is 16.1. The summed E-state index contributed by atoms with van der Waals surface area (Å²) in [4.78, 5) is 14.3. The fourth-order valence-corrected chi connectivity index (χ4v) is 5.16. The zero-order valence-electron chi connectivity index (χ0n) is 13.8. The summed E-state index contributed by atoms with van der Waals surface area (Å²) in [7, 11) is -3.48. The van der Waals surface area contributed by atoms with Crippen LogP contribution in [0.4, 0.5) is 0 Å². The van der Waals surface area contributed by atoms with Crippen molar-refractivity contribution >= 4 is 15.9 Å². The van der Waals surface area contributed by atoms with Crippen LogP contribution in [0.15, 0.2) is 23.1 Å². The molecule has 1 saturated carbocycles. The maximum Gasteiger partial charge on any atom is 0.240 e. The van der Waals surface area contributed by atoms with Crippen molar-refractivity contribution < 1.29 is 13.2 Å². The lowest BCUT2D eigenvalue weighted by Gasteiger charge is -2.32. The first-order valence-electron chi connectivity index (χ1n) is 8.96. The van der Waals surface area contributed by atoms with Crippen LogP contribution >= 0.6 is 0 Å². The number of amides is 1. The molecule has 2 aliphatic carbocycles. The Kier molecular flexibility index (Phi) is 4.12. The van der Waals surface area contributed by atoms with Gasteiger partial charge in [-0.2, -0.15) is 0 Å². The van der Waals surface area contributed by atoms with Gasteiger partial charge in [0.2, 0.25) is 15.9 Å². The second-order valence-electron chi connectivity index (χ2n) is 7.28. The van der Waals surface area contributed by atoms with Crippen LogP contribution in [0, 0.1) is 5.92 Å². The summed E-state index contributed by atoms with van der Waals surface area (Å²) >= 11 is 0. The molecule has 1 aromatic rings. The molecule has 24 heavy (non-hydrogen) atoms. The molecular formula is C18H24N2O3S. The van der Waals surface area contributed by atoms with Gasteiger partial charge >= 0.3 is 0 Å². The quantitative estimate of drug-likeness (QED) is 0.903. The van der Waals surface area contributed by atoms with Gasteiger partial charge in [-0.3, -0.25) is 4.79 Å². The largest absolute Gasteiger partial charge is 0.342 e. The van der Waals surface area contributed by atoms with E-state index in [1.54, 1.807) is 6.07 Å². The van der Waals surface area contributed by atoms with E-state index >= 15 is 0 Å². The normalized spacial score (nSPS) is 21.8. The van der Waals surface area contributed by atoms with Crippen LogP contribution in [0.5, 0.6) is 0 Å². The molecule has 1 saturated heterocycles. The average Bonchev–Trinajstić information content (AvgIpc) is 3.31. The third-order valence-electron chi connectivity index (χ3n) is 5.44. The minimum atomic E-state index is -3.48. The third kappa shape index (κ3) is 3.22. The summed E-state index contributed by atoms with van der Waals surface area (Å²) in [6.07, 6.45) is 6.56. The highest BCUT2D eigenvalue weighted by atomic mass is 32.2. The Morgan fingerprint density at radius 1 is 1.04 bits per heavy atom. The molecule has 0 unspecified atom stereocenters. The average molecular weight is 348 g/mol. The molecule has 1 N–H and O–H groups in total. The highest BCUT2D eigenvalue weighted by Crippen LogP contribution is 2.32. The number of fused-ring (bicyclic) bond motifs is 1. The second kappa shape index (κ2) is 6.15. The molecule has 1 heterocycles. The van der Waals surface area contributed by atoms with Crippen LogP contribution in [-0.4, -0.2) is 38.4 Å². The van der Waals surface area contributed by atoms with Gasteiger partial charge in [-0.25, -0.2) is 13.1 Å². The Morgan fingerprint density at radius 3 is 2.46 bits per heavy atom. The van der Waals surface area contributed by atoms with E-state index in [0.29, 0.717) is 30.8 Å². The summed E-state index contributed by atoms with van der Waals surface area (Å²) in [5, 5.41) is 0. The van der Waals surface area contributed by atoms with Crippen LogP contribution in [0.3, 0.4) is 0 Å². The lowest BCUT2D eigenvalue weighted by atomic mass is 10.1. The first-order valence-corrected chi connectivity index (χ1v) is 10.4. The van der Waals surface area contributed by atoms with Crippen LogP contribution in [0.2, 0.25) is 0 Å². The van der Waals surface area contributed by atoms with E-state index in [4.69, 9.17) is 0 Å². The van der Waals surface area contributed by atoms with Gasteiger partial charge in [-0.15, -0.1) is 0 Å². The predicted molar refractivity (Wildman–Crippen MR) is 91.1 cm³/mol. The summed E-state index contributed by atoms with van der Waals surface area (Å²) < 4.78 is 28.1. The number of carbonyl (C=O) groups excluding carboxylic acids is 1. The fraction of sp³-hybridized carbons (Fsp3) is 0.611. The number of hydrogen-bond donors (Lipinski definition) is 1. The van der Waals surface area contributed by atoms with Gasteiger partial charge in [0.1, 0.15) is 0 Å². The van der Waals surface area contributed by atoms with E-state index in [0.717, 1.165) is 32.1 Å². The Bertz CT molecular complexity index is 748.